The van der Waals surface area contributed by atoms with Crippen LogP contribution in [0.15, 0.2) is 47.8 Å². The first-order valence-corrected chi connectivity index (χ1v) is 10.4. The lowest BCUT2D eigenvalue weighted by Crippen LogP contribution is -2.52. The van der Waals surface area contributed by atoms with Crippen molar-refractivity contribution in [1.29, 1.82) is 0 Å². The Morgan fingerprint density at radius 3 is 2.53 bits per heavy atom. The normalized spacial score (nSPS) is 15.2. The molecule has 1 aliphatic rings. The molecule has 156 valence electrons. The highest BCUT2D eigenvalue weighted by molar-refractivity contribution is 7.13. The van der Waals surface area contributed by atoms with Gasteiger partial charge in [-0.15, -0.1) is 21.5 Å². The van der Waals surface area contributed by atoms with Crippen molar-refractivity contribution in [2.75, 3.05) is 31.1 Å². The number of anilines is 1. The van der Waals surface area contributed by atoms with Crippen molar-refractivity contribution in [2.24, 2.45) is 0 Å². The van der Waals surface area contributed by atoms with Gasteiger partial charge in [-0.05, 0) is 42.6 Å². The topological polar surface area (TPSA) is 58.6 Å². The van der Waals surface area contributed by atoms with Crippen LogP contribution in [0.4, 0.5) is 14.6 Å². The third-order valence-corrected chi connectivity index (χ3v) is 5.78. The first kappa shape index (κ1) is 20.2. The van der Waals surface area contributed by atoms with Crippen LogP contribution in [0.1, 0.15) is 6.92 Å². The van der Waals surface area contributed by atoms with Crippen LogP contribution in [-0.4, -0.2) is 53.3 Å². The van der Waals surface area contributed by atoms with Gasteiger partial charge >= 0.3 is 0 Å². The fourth-order valence-corrected chi connectivity index (χ4v) is 3.96. The summed E-state index contributed by atoms with van der Waals surface area (Å²) in [6.45, 7) is 3.76. The molecule has 2 aromatic heterocycles. The number of halogens is 2. The number of amides is 1. The Balaban J connectivity index is 1.33. The van der Waals surface area contributed by atoms with Crippen molar-refractivity contribution in [3.05, 3.63) is 59.5 Å². The van der Waals surface area contributed by atoms with Gasteiger partial charge in [0.1, 0.15) is 11.5 Å². The maximum absolute atomic E-state index is 13.8. The summed E-state index contributed by atoms with van der Waals surface area (Å²) in [5.74, 6) is -1.14. The second-order valence-electron chi connectivity index (χ2n) is 6.90. The molecule has 1 unspecified atom stereocenters. The van der Waals surface area contributed by atoms with E-state index in [9.17, 15) is 13.6 Å². The van der Waals surface area contributed by atoms with E-state index < -0.39 is 17.7 Å². The highest BCUT2D eigenvalue weighted by atomic mass is 32.1. The molecule has 4 rings (SSSR count). The highest BCUT2D eigenvalue weighted by Gasteiger charge is 2.27. The van der Waals surface area contributed by atoms with Crippen molar-refractivity contribution < 1.29 is 18.3 Å². The van der Waals surface area contributed by atoms with Crippen LogP contribution in [0, 0.1) is 11.6 Å². The molecule has 1 saturated heterocycles. The van der Waals surface area contributed by atoms with E-state index in [1.165, 1.54) is 6.07 Å². The summed E-state index contributed by atoms with van der Waals surface area (Å²) in [5.41, 5.74) is 0.835. The SMILES string of the molecule is CC(Oc1ccc(F)cc1F)C(=O)N1CCN(c2ccc(-c3cccs3)nn2)CC1. The summed E-state index contributed by atoms with van der Waals surface area (Å²) >= 11 is 1.61. The molecule has 0 N–H and O–H groups in total. The Morgan fingerprint density at radius 2 is 1.90 bits per heavy atom. The standard InChI is InChI=1S/C21H20F2N4O2S/c1-14(29-18-6-4-15(22)13-16(18)23)21(28)27-10-8-26(9-11-27)20-7-5-17(24-25-20)19-3-2-12-30-19/h2-7,12-14H,8-11H2,1H3. The minimum absolute atomic E-state index is 0.142. The van der Waals surface area contributed by atoms with Crippen LogP contribution in [0.3, 0.4) is 0 Å². The minimum Gasteiger partial charge on any atom is -0.478 e. The van der Waals surface area contributed by atoms with Crippen LogP contribution in [0.25, 0.3) is 10.6 Å². The van der Waals surface area contributed by atoms with Crippen LogP contribution in [0.5, 0.6) is 5.75 Å². The maximum Gasteiger partial charge on any atom is 0.263 e. The summed E-state index contributed by atoms with van der Waals surface area (Å²) < 4.78 is 32.2. The van der Waals surface area contributed by atoms with Crippen LogP contribution in [0.2, 0.25) is 0 Å². The lowest BCUT2D eigenvalue weighted by molar-refractivity contribution is -0.138. The first-order chi connectivity index (χ1) is 14.5. The van der Waals surface area contributed by atoms with Gasteiger partial charge in [-0.3, -0.25) is 4.79 Å². The Morgan fingerprint density at radius 1 is 1.10 bits per heavy atom. The Labute approximate surface area is 176 Å². The van der Waals surface area contributed by atoms with Gasteiger partial charge in [0.15, 0.2) is 23.5 Å². The zero-order valence-electron chi connectivity index (χ0n) is 16.3. The molecule has 3 aromatic rings. The lowest BCUT2D eigenvalue weighted by atomic mass is 10.2. The molecular weight excluding hydrogens is 410 g/mol. The maximum atomic E-state index is 13.8. The number of carbonyl (C=O) groups is 1. The second kappa shape index (κ2) is 8.74. The second-order valence-corrected chi connectivity index (χ2v) is 7.85. The monoisotopic (exact) mass is 430 g/mol. The summed E-state index contributed by atoms with van der Waals surface area (Å²) in [4.78, 5) is 17.5. The summed E-state index contributed by atoms with van der Waals surface area (Å²) in [5, 5.41) is 10.6. The van der Waals surface area contributed by atoms with Crippen LogP contribution in [-0.2, 0) is 4.79 Å². The van der Waals surface area contributed by atoms with Crippen molar-refractivity contribution in [2.45, 2.75) is 13.0 Å². The molecule has 9 heteroatoms. The van der Waals surface area contributed by atoms with Gasteiger partial charge in [0.25, 0.3) is 5.91 Å². The van der Waals surface area contributed by atoms with E-state index in [1.807, 2.05) is 29.6 Å². The Hall–Kier alpha value is -3.07. The van der Waals surface area contributed by atoms with Gasteiger partial charge in [0.2, 0.25) is 0 Å². The van der Waals surface area contributed by atoms with Crippen molar-refractivity contribution in [3.8, 4) is 16.3 Å². The van der Waals surface area contributed by atoms with Crippen molar-refractivity contribution in [3.63, 3.8) is 0 Å². The summed E-state index contributed by atoms with van der Waals surface area (Å²) in [6.07, 6.45) is -0.874. The molecule has 1 atom stereocenters. The van der Waals surface area contributed by atoms with Gasteiger partial charge in [-0.25, -0.2) is 8.78 Å². The van der Waals surface area contributed by atoms with Crippen molar-refractivity contribution in [1.82, 2.24) is 15.1 Å². The van der Waals surface area contributed by atoms with E-state index in [4.69, 9.17) is 4.74 Å². The zero-order chi connectivity index (χ0) is 21.1. The number of piperazine rings is 1. The summed E-state index contributed by atoms with van der Waals surface area (Å²) in [6, 6.07) is 10.9. The fraction of sp³-hybridized carbons (Fsp3) is 0.286. The van der Waals surface area contributed by atoms with Gasteiger partial charge in [0.05, 0.1) is 4.88 Å². The fourth-order valence-electron chi connectivity index (χ4n) is 3.27. The first-order valence-electron chi connectivity index (χ1n) is 9.54. The molecule has 1 aromatic carbocycles. The molecule has 0 aliphatic carbocycles. The van der Waals surface area contributed by atoms with Gasteiger partial charge in [0, 0.05) is 32.2 Å². The van der Waals surface area contributed by atoms with Gasteiger partial charge in [-0.1, -0.05) is 6.07 Å². The van der Waals surface area contributed by atoms with Crippen LogP contribution >= 0.6 is 11.3 Å². The molecule has 1 aliphatic heterocycles. The van der Waals surface area contributed by atoms with E-state index in [0.717, 1.165) is 28.5 Å². The predicted molar refractivity (Wildman–Crippen MR) is 111 cm³/mol. The number of hydrogen-bond acceptors (Lipinski definition) is 6. The Kier molecular flexibility index (Phi) is 5.89. The average molecular weight is 430 g/mol. The van der Waals surface area contributed by atoms with Crippen molar-refractivity contribution >= 4 is 23.1 Å². The van der Waals surface area contributed by atoms with Gasteiger partial charge < -0.3 is 14.5 Å². The number of rotatable bonds is 5. The molecule has 0 bridgehead atoms. The van der Waals surface area contributed by atoms with E-state index in [2.05, 4.69) is 15.1 Å². The molecule has 0 saturated carbocycles. The smallest absolute Gasteiger partial charge is 0.263 e. The number of thiophene rings is 1. The molecule has 3 heterocycles. The number of aromatic nitrogens is 2. The largest absolute Gasteiger partial charge is 0.478 e. The Bertz CT molecular complexity index is 1010. The molecule has 1 amide bonds. The predicted octanol–water partition coefficient (Wildman–Crippen LogP) is 3.60. The molecule has 0 radical (unpaired) electrons. The molecule has 30 heavy (non-hydrogen) atoms. The van der Waals surface area contributed by atoms with E-state index in [0.29, 0.717) is 26.2 Å². The van der Waals surface area contributed by atoms with E-state index in [-0.39, 0.29) is 11.7 Å². The van der Waals surface area contributed by atoms with E-state index in [1.54, 1.807) is 23.2 Å². The molecular formula is C21H20F2N4O2S. The highest BCUT2D eigenvalue weighted by Crippen LogP contribution is 2.24. The third kappa shape index (κ3) is 4.40. The number of ether oxygens (including phenoxy) is 1. The van der Waals surface area contributed by atoms with Gasteiger partial charge in [-0.2, -0.15) is 0 Å². The average Bonchev–Trinajstić information content (AvgIpc) is 3.30. The number of hydrogen-bond donors (Lipinski definition) is 0. The van der Waals surface area contributed by atoms with E-state index >= 15 is 0 Å². The number of nitrogens with zero attached hydrogens (tertiary/aromatic N) is 4. The number of carbonyl (C=O) groups excluding carboxylic acids is 1. The summed E-state index contributed by atoms with van der Waals surface area (Å²) in [7, 11) is 0. The zero-order valence-corrected chi connectivity index (χ0v) is 17.1. The molecule has 0 spiro atoms. The number of benzene rings is 1. The third-order valence-electron chi connectivity index (χ3n) is 4.88. The molecule has 1 fully saturated rings. The van der Waals surface area contributed by atoms with Crippen LogP contribution < -0.4 is 9.64 Å². The molecule has 6 nitrogen and oxygen atoms in total. The lowest BCUT2D eigenvalue weighted by Gasteiger charge is -2.36. The quantitative estimate of drug-likeness (QED) is 0.619. The minimum atomic E-state index is -0.874.